The van der Waals surface area contributed by atoms with Crippen molar-refractivity contribution in [1.82, 2.24) is 19.6 Å². The number of aromatic nitrogens is 2. The van der Waals surface area contributed by atoms with Crippen molar-refractivity contribution < 1.29 is 4.92 Å². The van der Waals surface area contributed by atoms with Crippen LogP contribution in [0, 0.1) is 16.0 Å². The van der Waals surface area contributed by atoms with Crippen molar-refractivity contribution in [2.24, 2.45) is 5.92 Å². The second-order valence-electron chi connectivity index (χ2n) is 7.68. The van der Waals surface area contributed by atoms with Gasteiger partial charge in [0.1, 0.15) is 12.4 Å². The van der Waals surface area contributed by atoms with Gasteiger partial charge in [0.15, 0.2) is 0 Å². The van der Waals surface area contributed by atoms with E-state index in [1.165, 1.54) is 64.6 Å². The zero-order chi connectivity index (χ0) is 16.5. The third-order valence-corrected chi connectivity index (χ3v) is 5.98. The molecule has 132 valence electrons. The van der Waals surface area contributed by atoms with Gasteiger partial charge in [0.2, 0.25) is 0 Å². The smallest absolute Gasteiger partial charge is 0.301 e. The van der Waals surface area contributed by atoms with E-state index in [0.717, 1.165) is 18.8 Å². The average molecular weight is 333 g/mol. The maximum absolute atomic E-state index is 10.8. The molecule has 0 atom stereocenters. The Labute approximate surface area is 142 Å². The molecule has 0 radical (unpaired) electrons. The lowest BCUT2D eigenvalue weighted by molar-refractivity contribution is -0.385. The number of piperazine rings is 1. The van der Waals surface area contributed by atoms with E-state index in [0.29, 0.717) is 12.1 Å². The van der Waals surface area contributed by atoms with Crippen LogP contribution in [0.2, 0.25) is 0 Å². The van der Waals surface area contributed by atoms with E-state index in [-0.39, 0.29) is 10.6 Å². The molecule has 0 amide bonds. The van der Waals surface area contributed by atoms with Gasteiger partial charge < -0.3 is 4.90 Å². The van der Waals surface area contributed by atoms with Crippen molar-refractivity contribution in [2.45, 2.75) is 50.6 Å². The summed E-state index contributed by atoms with van der Waals surface area (Å²) in [4.78, 5) is 15.7. The first kappa shape index (κ1) is 16.0. The fraction of sp³-hybridized carbons (Fsp3) is 0.824. The maximum Gasteiger partial charge on any atom is 0.307 e. The van der Waals surface area contributed by atoms with Crippen LogP contribution in [0.3, 0.4) is 0 Å². The number of hydrogen-bond donors (Lipinski definition) is 0. The van der Waals surface area contributed by atoms with E-state index in [4.69, 9.17) is 0 Å². The van der Waals surface area contributed by atoms with Gasteiger partial charge in [-0.15, -0.1) is 0 Å². The molecule has 1 aromatic rings. The van der Waals surface area contributed by atoms with Crippen LogP contribution in [0.1, 0.15) is 44.6 Å². The SMILES string of the molecule is O=[N+]([O-])c1cnn(C2CCC(N3CCN(CC4CC4)CC3)CC2)c1. The predicted molar refractivity (Wildman–Crippen MR) is 90.9 cm³/mol. The summed E-state index contributed by atoms with van der Waals surface area (Å²) in [5, 5.41) is 15.0. The van der Waals surface area contributed by atoms with E-state index in [9.17, 15) is 10.1 Å². The summed E-state index contributed by atoms with van der Waals surface area (Å²) >= 11 is 0. The molecule has 2 heterocycles. The van der Waals surface area contributed by atoms with Crippen LogP contribution in [0.5, 0.6) is 0 Å². The van der Waals surface area contributed by atoms with Crippen molar-refractivity contribution in [3.8, 4) is 0 Å². The summed E-state index contributed by atoms with van der Waals surface area (Å²) in [6.45, 7) is 6.17. The molecule has 0 spiro atoms. The molecule has 0 unspecified atom stereocenters. The van der Waals surface area contributed by atoms with E-state index in [1.54, 1.807) is 6.20 Å². The second kappa shape index (κ2) is 6.80. The number of nitro groups is 1. The lowest BCUT2D eigenvalue weighted by atomic mass is 9.90. The summed E-state index contributed by atoms with van der Waals surface area (Å²) in [6.07, 6.45) is 10.3. The highest BCUT2D eigenvalue weighted by Crippen LogP contribution is 2.33. The van der Waals surface area contributed by atoms with Crippen LogP contribution >= 0.6 is 0 Å². The molecule has 0 aromatic carbocycles. The van der Waals surface area contributed by atoms with Crippen LogP contribution in [-0.2, 0) is 0 Å². The first-order valence-corrected chi connectivity index (χ1v) is 9.34. The Hall–Kier alpha value is -1.47. The Morgan fingerprint density at radius 1 is 1.04 bits per heavy atom. The molecule has 2 aliphatic carbocycles. The zero-order valence-corrected chi connectivity index (χ0v) is 14.2. The fourth-order valence-corrected chi connectivity index (χ4v) is 4.29. The zero-order valence-electron chi connectivity index (χ0n) is 14.2. The molecule has 7 heteroatoms. The number of hydrogen-bond acceptors (Lipinski definition) is 5. The second-order valence-corrected chi connectivity index (χ2v) is 7.68. The third-order valence-electron chi connectivity index (χ3n) is 5.98. The Morgan fingerprint density at radius 3 is 2.29 bits per heavy atom. The topological polar surface area (TPSA) is 67.4 Å². The van der Waals surface area contributed by atoms with Gasteiger partial charge in [0.05, 0.1) is 11.0 Å². The highest BCUT2D eigenvalue weighted by molar-refractivity contribution is 5.21. The molecule has 24 heavy (non-hydrogen) atoms. The maximum atomic E-state index is 10.8. The van der Waals surface area contributed by atoms with Gasteiger partial charge in [-0.3, -0.25) is 19.7 Å². The molecule has 0 N–H and O–H groups in total. The lowest BCUT2D eigenvalue weighted by Gasteiger charge is -2.42. The van der Waals surface area contributed by atoms with E-state index in [2.05, 4.69) is 14.9 Å². The highest BCUT2D eigenvalue weighted by atomic mass is 16.6. The fourth-order valence-electron chi connectivity index (χ4n) is 4.29. The molecular formula is C17H27N5O2. The van der Waals surface area contributed by atoms with Crippen molar-refractivity contribution in [1.29, 1.82) is 0 Å². The largest absolute Gasteiger partial charge is 0.307 e. The Bertz CT molecular complexity index is 569. The van der Waals surface area contributed by atoms with Gasteiger partial charge in [-0.1, -0.05) is 0 Å². The Kier molecular flexibility index (Phi) is 4.54. The van der Waals surface area contributed by atoms with Crippen molar-refractivity contribution in [3.05, 3.63) is 22.5 Å². The monoisotopic (exact) mass is 333 g/mol. The molecule has 3 aliphatic rings. The molecule has 2 saturated carbocycles. The molecular weight excluding hydrogens is 306 g/mol. The van der Waals surface area contributed by atoms with Gasteiger partial charge >= 0.3 is 5.69 Å². The Morgan fingerprint density at radius 2 is 1.71 bits per heavy atom. The Balaban J connectivity index is 1.24. The number of rotatable bonds is 5. The standard InChI is InChI=1S/C17H27N5O2/c23-22(24)17-11-18-21(13-17)16-5-3-15(4-6-16)20-9-7-19(8-10-20)12-14-1-2-14/h11,13-16H,1-10,12H2. The quantitative estimate of drug-likeness (QED) is 0.611. The minimum Gasteiger partial charge on any atom is -0.301 e. The first-order chi connectivity index (χ1) is 11.7. The minimum absolute atomic E-state index is 0.101. The third kappa shape index (κ3) is 3.62. The van der Waals surface area contributed by atoms with Gasteiger partial charge in [-0.25, -0.2) is 0 Å². The van der Waals surface area contributed by atoms with Crippen LogP contribution in [-0.4, -0.2) is 63.3 Å². The molecule has 7 nitrogen and oxygen atoms in total. The average Bonchev–Trinajstić information content (AvgIpc) is 3.27. The molecule has 1 saturated heterocycles. The molecule has 4 rings (SSSR count). The molecule has 1 aromatic heterocycles. The molecule has 0 bridgehead atoms. The van der Waals surface area contributed by atoms with Gasteiger partial charge in [0.25, 0.3) is 0 Å². The van der Waals surface area contributed by atoms with Crippen molar-refractivity contribution >= 4 is 5.69 Å². The molecule has 3 fully saturated rings. The summed E-state index contributed by atoms with van der Waals surface area (Å²) in [6, 6.07) is 1.01. The summed E-state index contributed by atoms with van der Waals surface area (Å²) in [5.41, 5.74) is 0.101. The van der Waals surface area contributed by atoms with Crippen LogP contribution in [0.25, 0.3) is 0 Å². The molecule has 1 aliphatic heterocycles. The van der Waals surface area contributed by atoms with E-state index < -0.39 is 0 Å². The van der Waals surface area contributed by atoms with Crippen LogP contribution in [0.15, 0.2) is 12.4 Å². The van der Waals surface area contributed by atoms with Crippen LogP contribution < -0.4 is 0 Å². The van der Waals surface area contributed by atoms with E-state index in [1.807, 2.05) is 4.68 Å². The van der Waals surface area contributed by atoms with Crippen molar-refractivity contribution in [3.63, 3.8) is 0 Å². The predicted octanol–water partition coefficient (Wildman–Crippen LogP) is 2.30. The van der Waals surface area contributed by atoms with Crippen LogP contribution in [0.4, 0.5) is 5.69 Å². The summed E-state index contributed by atoms with van der Waals surface area (Å²) in [7, 11) is 0. The van der Waals surface area contributed by atoms with Gasteiger partial charge in [-0.2, -0.15) is 5.10 Å². The van der Waals surface area contributed by atoms with E-state index >= 15 is 0 Å². The van der Waals surface area contributed by atoms with Crippen molar-refractivity contribution in [2.75, 3.05) is 32.7 Å². The summed E-state index contributed by atoms with van der Waals surface area (Å²) in [5.74, 6) is 0.991. The van der Waals surface area contributed by atoms with Gasteiger partial charge in [0, 0.05) is 38.8 Å². The first-order valence-electron chi connectivity index (χ1n) is 9.34. The number of nitrogens with zero attached hydrogens (tertiary/aromatic N) is 5. The summed E-state index contributed by atoms with van der Waals surface area (Å²) < 4.78 is 1.81. The minimum atomic E-state index is -0.365. The van der Waals surface area contributed by atoms with Gasteiger partial charge in [-0.05, 0) is 44.4 Å². The normalized spacial score (nSPS) is 29.7. The highest BCUT2D eigenvalue weighted by Gasteiger charge is 2.31. The lowest BCUT2D eigenvalue weighted by Crippen LogP contribution is -2.51.